The van der Waals surface area contributed by atoms with E-state index >= 15 is 0 Å². The molecule has 2 aromatic rings. The molecule has 2 amide bonds. The van der Waals surface area contributed by atoms with Crippen LogP contribution in [0.5, 0.6) is 0 Å². The largest absolute Gasteiger partial charge is 0.454 e. The molecule has 0 bridgehead atoms. The van der Waals surface area contributed by atoms with E-state index in [1.165, 1.54) is 0 Å². The molecule has 1 atom stereocenters. The molecule has 2 aliphatic rings. The van der Waals surface area contributed by atoms with Crippen LogP contribution in [0.3, 0.4) is 0 Å². The van der Waals surface area contributed by atoms with Crippen LogP contribution in [0.1, 0.15) is 36.7 Å². The van der Waals surface area contributed by atoms with Gasteiger partial charge in [0.2, 0.25) is 5.91 Å². The number of carbonyl (C=O) groups excluding carboxylic acids is 2. The third-order valence-electron chi connectivity index (χ3n) is 5.97. The van der Waals surface area contributed by atoms with Gasteiger partial charge in [-0.2, -0.15) is 5.10 Å². The highest BCUT2D eigenvalue weighted by Crippen LogP contribution is 2.32. The first-order valence-corrected chi connectivity index (χ1v) is 11.0. The number of furan rings is 1. The molecule has 1 unspecified atom stereocenters. The van der Waals surface area contributed by atoms with Crippen LogP contribution < -0.4 is 16.5 Å². The minimum atomic E-state index is -0.642. The number of hydrazone groups is 1. The molecule has 1 aromatic carbocycles. The van der Waals surface area contributed by atoms with E-state index in [4.69, 9.17) is 15.6 Å². The van der Waals surface area contributed by atoms with Gasteiger partial charge in [0.15, 0.2) is 11.6 Å². The van der Waals surface area contributed by atoms with E-state index in [0.717, 1.165) is 29.4 Å². The number of piperidine rings is 1. The number of carbonyl (C=O) groups is 2. The zero-order chi connectivity index (χ0) is 23.7. The van der Waals surface area contributed by atoms with Crippen LogP contribution in [-0.4, -0.2) is 47.4 Å². The van der Waals surface area contributed by atoms with Gasteiger partial charge in [0.25, 0.3) is 5.91 Å². The number of amidine groups is 1. The van der Waals surface area contributed by atoms with Crippen LogP contribution in [-0.2, 0) is 9.59 Å². The first kappa shape index (κ1) is 22.3. The Morgan fingerprint density at radius 2 is 2.18 bits per heavy atom. The molecule has 1 aromatic heterocycles. The molecule has 4 rings (SSSR count). The summed E-state index contributed by atoms with van der Waals surface area (Å²) in [6.45, 7) is 6.92. The lowest BCUT2D eigenvalue weighted by Crippen LogP contribution is -2.48. The number of rotatable bonds is 4. The lowest BCUT2D eigenvalue weighted by molar-refractivity contribution is -0.127. The van der Waals surface area contributed by atoms with E-state index in [2.05, 4.69) is 15.8 Å². The molecule has 33 heavy (non-hydrogen) atoms. The number of benzene rings is 1. The number of likely N-dealkylation sites (tertiary alicyclic amines) is 1. The molecule has 0 spiro atoms. The molecule has 0 radical (unpaired) electrons. The Bertz CT molecular complexity index is 1240. The van der Waals surface area contributed by atoms with Crippen LogP contribution >= 0.6 is 0 Å². The summed E-state index contributed by atoms with van der Waals surface area (Å²) in [6, 6.07) is 5.79. The second-order valence-electron chi connectivity index (χ2n) is 8.39. The summed E-state index contributed by atoms with van der Waals surface area (Å²) in [5, 5.41) is 16.7. The van der Waals surface area contributed by atoms with E-state index in [9.17, 15) is 9.59 Å². The van der Waals surface area contributed by atoms with Crippen molar-refractivity contribution in [3.05, 3.63) is 52.8 Å². The summed E-state index contributed by atoms with van der Waals surface area (Å²) in [5.41, 5.74) is 11.4. The summed E-state index contributed by atoms with van der Waals surface area (Å²) >= 11 is 0. The highest BCUT2D eigenvalue weighted by atomic mass is 16.3. The molecule has 5 N–H and O–H groups in total. The van der Waals surface area contributed by atoms with Crippen molar-refractivity contribution in [1.82, 2.24) is 15.6 Å². The van der Waals surface area contributed by atoms with E-state index < -0.39 is 5.91 Å². The first-order valence-electron chi connectivity index (χ1n) is 11.0. The minimum Gasteiger partial charge on any atom is -0.454 e. The molecule has 2 aliphatic heterocycles. The number of nitrogens with two attached hydrogens (primary N) is 1. The summed E-state index contributed by atoms with van der Waals surface area (Å²) in [7, 11) is 0. The maximum absolute atomic E-state index is 12.4. The number of allylic oxidation sites excluding steroid dienone is 1. The Hall–Kier alpha value is -3.88. The number of hydrogen-bond donors (Lipinski definition) is 4. The Morgan fingerprint density at radius 3 is 2.94 bits per heavy atom. The van der Waals surface area contributed by atoms with E-state index in [1.54, 1.807) is 17.1 Å². The fraction of sp³-hybridized carbons (Fsp3) is 0.333. The number of nitrogens with one attached hydrogen (secondary N) is 3. The quantitative estimate of drug-likeness (QED) is 0.532. The minimum absolute atomic E-state index is 0.0239. The third-order valence-corrected chi connectivity index (χ3v) is 5.97. The Labute approximate surface area is 191 Å². The Kier molecular flexibility index (Phi) is 6.04. The highest BCUT2D eigenvalue weighted by Gasteiger charge is 2.32. The van der Waals surface area contributed by atoms with Crippen molar-refractivity contribution in [2.24, 2.45) is 10.8 Å². The lowest BCUT2D eigenvalue weighted by Gasteiger charge is -2.34. The molecular weight excluding hydrogens is 420 g/mol. The van der Waals surface area contributed by atoms with Crippen molar-refractivity contribution in [1.29, 1.82) is 5.41 Å². The lowest BCUT2D eigenvalue weighted by atomic mass is 9.98. The maximum Gasteiger partial charge on any atom is 0.290 e. The van der Waals surface area contributed by atoms with E-state index in [0.29, 0.717) is 30.1 Å². The summed E-state index contributed by atoms with van der Waals surface area (Å²) < 4.78 is 6.20. The van der Waals surface area contributed by atoms with Crippen LogP contribution in [0.4, 0.5) is 0 Å². The van der Waals surface area contributed by atoms with E-state index in [1.807, 2.05) is 39.0 Å². The van der Waals surface area contributed by atoms with Gasteiger partial charge in [-0.3, -0.25) is 15.0 Å². The van der Waals surface area contributed by atoms with Crippen LogP contribution in [0, 0.1) is 19.3 Å². The van der Waals surface area contributed by atoms with Crippen molar-refractivity contribution in [3.8, 4) is 0 Å². The molecule has 3 heterocycles. The summed E-state index contributed by atoms with van der Waals surface area (Å²) in [5.74, 6) is -0.160. The van der Waals surface area contributed by atoms with Gasteiger partial charge in [-0.25, -0.2) is 5.43 Å². The van der Waals surface area contributed by atoms with Crippen LogP contribution in [0.2, 0.25) is 0 Å². The average Bonchev–Trinajstić information content (AvgIpc) is 3.12. The fourth-order valence-corrected chi connectivity index (χ4v) is 4.29. The van der Waals surface area contributed by atoms with Gasteiger partial charge in [0, 0.05) is 30.1 Å². The monoisotopic (exact) mass is 448 g/mol. The SMILES string of the molecule is C/C=C/C(=O)N1CCCC(N/C(=C2\C(=N)C(=O)NN=C2N)c2oc3ccc(C)cc3c2C)C1. The maximum atomic E-state index is 12.4. The second kappa shape index (κ2) is 8.93. The van der Waals surface area contributed by atoms with Gasteiger partial charge in [0.05, 0.1) is 11.3 Å². The second-order valence-corrected chi connectivity index (χ2v) is 8.39. The van der Waals surface area contributed by atoms with Gasteiger partial charge in [-0.15, -0.1) is 0 Å². The molecule has 9 heteroatoms. The summed E-state index contributed by atoms with van der Waals surface area (Å²) in [6.07, 6.45) is 4.92. The van der Waals surface area contributed by atoms with Crippen molar-refractivity contribution >= 4 is 40.0 Å². The van der Waals surface area contributed by atoms with Gasteiger partial charge in [-0.05, 0) is 51.8 Å². The first-order chi connectivity index (χ1) is 15.8. The smallest absolute Gasteiger partial charge is 0.290 e. The topological polar surface area (TPSA) is 137 Å². The Morgan fingerprint density at radius 1 is 1.39 bits per heavy atom. The number of hydrogen-bond acceptors (Lipinski definition) is 7. The third kappa shape index (κ3) is 4.26. The van der Waals surface area contributed by atoms with Gasteiger partial charge in [-0.1, -0.05) is 17.7 Å². The predicted octanol–water partition coefficient (Wildman–Crippen LogP) is 2.34. The average molecular weight is 449 g/mol. The molecule has 0 saturated carbocycles. The Balaban J connectivity index is 1.81. The number of aryl methyl sites for hydroxylation is 2. The number of nitrogens with zero attached hydrogens (tertiary/aromatic N) is 2. The predicted molar refractivity (Wildman–Crippen MR) is 128 cm³/mol. The zero-order valence-corrected chi connectivity index (χ0v) is 19.0. The standard InChI is InChI=1S/C24H28N6O3/c1-4-6-18(31)30-10-5-7-15(12-30)27-21(19-20(25)24(32)29-28-23(19)26)22-14(3)16-11-13(2)8-9-17(16)33-22/h4,6,8-9,11,15,25,27H,5,7,10,12H2,1-3H3,(H2,26,28)(H,29,32)/b6-4+,21-19+,25-20?. The number of amides is 2. The van der Waals surface area contributed by atoms with E-state index in [-0.39, 0.29) is 29.1 Å². The number of fused-ring (bicyclic) bond motifs is 1. The fourth-order valence-electron chi connectivity index (χ4n) is 4.29. The van der Waals surface area contributed by atoms with Crippen molar-refractivity contribution in [3.63, 3.8) is 0 Å². The molecule has 0 aliphatic carbocycles. The van der Waals surface area contributed by atoms with Crippen LogP contribution in [0.25, 0.3) is 16.7 Å². The van der Waals surface area contributed by atoms with Crippen LogP contribution in [0.15, 0.2) is 45.4 Å². The van der Waals surface area contributed by atoms with Gasteiger partial charge in [0.1, 0.15) is 11.3 Å². The van der Waals surface area contributed by atoms with Crippen molar-refractivity contribution in [2.45, 2.75) is 39.7 Å². The van der Waals surface area contributed by atoms with Crippen molar-refractivity contribution in [2.75, 3.05) is 13.1 Å². The molecule has 1 fully saturated rings. The molecular formula is C24H28N6O3. The van der Waals surface area contributed by atoms with Gasteiger partial charge >= 0.3 is 0 Å². The highest BCUT2D eigenvalue weighted by molar-refractivity contribution is 6.53. The van der Waals surface area contributed by atoms with Gasteiger partial charge < -0.3 is 20.4 Å². The zero-order valence-electron chi connectivity index (χ0n) is 19.0. The normalized spacial score (nSPS) is 20.8. The van der Waals surface area contributed by atoms with Crippen molar-refractivity contribution < 1.29 is 14.0 Å². The molecule has 172 valence electrons. The molecule has 1 saturated heterocycles. The molecule has 9 nitrogen and oxygen atoms in total. The summed E-state index contributed by atoms with van der Waals surface area (Å²) in [4.78, 5) is 26.4.